The number of benzene rings is 1. The van der Waals surface area contributed by atoms with Crippen LogP contribution < -0.4 is 10.5 Å². The zero-order valence-electron chi connectivity index (χ0n) is 17.6. The number of thiophene rings is 1. The van der Waals surface area contributed by atoms with Gasteiger partial charge in [-0.15, -0.1) is 11.3 Å². The van der Waals surface area contributed by atoms with Crippen LogP contribution in [0.15, 0.2) is 59.6 Å². The number of esters is 1. The number of primary sulfonamides is 1. The Hall–Kier alpha value is -3.12. The average molecular weight is 474 g/mol. The summed E-state index contributed by atoms with van der Waals surface area (Å²) in [7, 11) is 0.0780. The third-order valence-corrected chi connectivity index (χ3v) is 6.14. The molecular weight excluding hydrogens is 450 g/mol. The highest BCUT2D eigenvalue weighted by atomic mass is 32.2. The van der Waals surface area contributed by atoms with Crippen molar-refractivity contribution in [2.75, 3.05) is 32.6 Å². The van der Waals surface area contributed by atoms with Crippen LogP contribution in [-0.2, 0) is 19.6 Å². The number of nitrogens with two attached hydrogens (primary N) is 1. The Morgan fingerprint density at radius 2 is 1.94 bits per heavy atom. The molecule has 0 aliphatic carbocycles. The summed E-state index contributed by atoms with van der Waals surface area (Å²) in [6, 6.07) is 11.6. The monoisotopic (exact) mass is 473 g/mol. The van der Waals surface area contributed by atoms with Crippen molar-refractivity contribution in [1.29, 1.82) is 0 Å². The molecule has 11 heteroatoms. The molecule has 1 aromatic carbocycles. The van der Waals surface area contributed by atoms with Gasteiger partial charge in [-0.05, 0) is 62.6 Å². The van der Waals surface area contributed by atoms with Crippen molar-refractivity contribution in [3.8, 4) is 10.6 Å². The molecule has 3 N–H and O–H groups in total. The second kappa shape index (κ2) is 10.5. The van der Waals surface area contributed by atoms with E-state index in [1.165, 1.54) is 29.5 Å². The predicted molar refractivity (Wildman–Crippen MR) is 125 cm³/mol. The largest absolute Gasteiger partial charge is 0.461 e. The lowest BCUT2D eigenvalue weighted by molar-refractivity contribution is -0.137. The number of sulfonamides is 1. The molecule has 9 nitrogen and oxygen atoms in total. The fraction of sp³-hybridized carbons (Fsp3) is 0.190. The Bertz CT molecular complexity index is 1200. The van der Waals surface area contributed by atoms with Crippen LogP contribution >= 0.6 is 11.3 Å². The molecule has 3 aromatic rings. The topological polar surface area (TPSA) is 128 Å². The zero-order valence-corrected chi connectivity index (χ0v) is 19.2. The molecule has 0 fully saturated rings. The van der Waals surface area contributed by atoms with Crippen molar-refractivity contribution in [1.82, 2.24) is 14.9 Å². The zero-order chi connectivity index (χ0) is 23.1. The maximum absolute atomic E-state index is 11.8. The number of hydrogen-bond acceptors (Lipinski definition) is 9. The van der Waals surface area contributed by atoms with Gasteiger partial charge in [0.2, 0.25) is 16.0 Å². The van der Waals surface area contributed by atoms with Crippen molar-refractivity contribution in [3.63, 3.8) is 0 Å². The maximum atomic E-state index is 11.8. The van der Waals surface area contributed by atoms with Gasteiger partial charge in [-0.25, -0.2) is 28.3 Å². The fourth-order valence-electron chi connectivity index (χ4n) is 2.52. The van der Waals surface area contributed by atoms with Crippen LogP contribution in [0.3, 0.4) is 0 Å². The van der Waals surface area contributed by atoms with Crippen LogP contribution in [0.5, 0.6) is 0 Å². The number of rotatable bonds is 9. The lowest BCUT2D eigenvalue weighted by Crippen LogP contribution is -2.19. The average Bonchev–Trinajstić information content (AvgIpc) is 3.21. The fourth-order valence-corrected chi connectivity index (χ4v) is 3.92. The molecule has 0 atom stereocenters. The first-order valence-corrected chi connectivity index (χ1v) is 11.9. The van der Waals surface area contributed by atoms with Crippen LogP contribution in [0.25, 0.3) is 16.6 Å². The van der Waals surface area contributed by atoms with Gasteiger partial charge in [0.25, 0.3) is 0 Å². The van der Waals surface area contributed by atoms with E-state index in [2.05, 4.69) is 15.3 Å². The van der Waals surface area contributed by atoms with E-state index >= 15 is 0 Å². The molecular formula is C21H23N5O4S2. The lowest BCUT2D eigenvalue weighted by Gasteiger charge is -2.08. The Morgan fingerprint density at radius 3 is 2.62 bits per heavy atom. The van der Waals surface area contributed by atoms with Gasteiger partial charge < -0.3 is 15.0 Å². The van der Waals surface area contributed by atoms with Crippen LogP contribution in [-0.4, -0.2) is 56.5 Å². The van der Waals surface area contributed by atoms with E-state index in [9.17, 15) is 13.2 Å². The minimum absolute atomic E-state index is 0.0264. The van der Waals surface area contributed by atoms with Crippen molar-refractivity contribution >= 4 is 45.0 Å². The highest BCUT2D eigenvalue weighted by molar-refractivity contribution is 7.89. The predicted octanol–water partition coefficient (Wildman–Crippen LogP) is 2.71. The van der Waals surface area contributed by atoms with Crippen molar-refractivity contribution in [2.24, 2.45) is 5.14 Å². The number of ether oxygens (including phenoxy) is 1. The first-order valence-electron chi connectivity index (χ1n) is 9.53. The molecule has 2 heterocycles. The van der Waals surface area contributed by atoms with Crippen LogP contribution in [0.2, 0.25) is 0 Å². The third kappa shape index (κ3) is 6.95. The Kier molecular flexibility index (Phi) is 7.70. The summed E-state index contributed by atoms with van der Waals surface area (Å²) in [5.41, 5.74) is 1.33. The summed E-state index contributed by atoms with van der Waals surface area (Å²) in [5, 5.41) is 8.15. The Balaban J connectivity index is 1.65. The van der Waals surface area contributed by atoms with Gasteiger partial charge in [0, 0.05) is 29.4 Å². The van der Waals surface area contributed by atoms with E-state index in [0.29, 0.717) is 30.5 Å². The molecule has 2 aromatic heterocycles. The number of likely N-dealkylation sites (N-methyl/N-ethyl adjacent to an activating group) is 1. The van der Waals surface area contributed by atoms with E-state index in [4.69, 9.17) is 9.88 Å². The molecule has 0 saturated heterocycles. The highest BCUT2D eigenvalue weighted by Gasteiger charge is 2.09. The molecule has 0 amide bonds. The van der Waals surface area contributed by atoms with Crippen molar-refractivity contribution in [3.05, 3.63) is 59.6 Å². The minimum Gasteiger partial charge on any atom is -0.461 e. The van der Waals surface area contributed by atoms with Crippen molar-refractivity contribution in [2.45, 2.75) is 4.90 Å². The SMILES string of the molecule is CN(C)CCOC(=O)C=Cc1ccc(-c2ccnc(Nc3ccc(S(N)(=O)=O)cc3)n2)s1. The number of nitrogens with one attached hydrogen (secondary N) is 1. The number of hydrogen-bond donors (Lipinski definition) is 2. The second-order valence-corrected chi connectivity index (χ2v) is 9.64. The molecule has 168 valence electrons. The molecule has 0 aliphatic heterocycles. The number of aromatic nitrogens is 2. The molecule has 0 spiro atoms. The number of nitrogens with zero attached hydrogens (tertiary/aromatic N) is 3. The van der Waals surface area contributed by atoms with Crippen molar-refractivity contribution < 1.29 is 17.9 Å². The van der Waals surface area contributed by atoms with E-state index in [0.717, 1.165) is 9.75 Å². The van der Waals surface area contributed by atoms with E-state index < -0.39 is 10.0 Å². The van der Waals surface area contributed by atoms with Gasteiger partial charge >= 0.3 is 5.97 Å². The van der Waals surface area contributed by atoms with E-state index in [-0.39, 0.29) is 10.9 Å². The number of carbonyl (C=O) groups excluding carboxylic acids is 1. The Labute approximate surface area is 190 Å². The smallest absolute Gasteiger partial charge is 0.330 e. The van der Waals surface area contributed by atoms with E-state index in [1.807, 2.05) is 31.1 Å². The quantitative estimate of drug-likeness (QED) is 0.359. The second-order valence-electron chi connectivity index (χ2n) is 6.97. The summed E-state index contributed by atoms with van der Waals surface area (Å²) in [4.78, 5) is 24.2. The molecule has 0 aliphatic rings. The minimum atomic E-state index is -3.75. The molecule has 32 heavy (non-hydrogen) atoms. The number of carbonyl (C=O) groups is 1. The van der Waals surface area contributed by atoms with Crippen LogP contribution in [0.1, 0.15) is 4.88 Å². The summed E-state index contributed by atoms with van der Waals surface area (Å²) < 4.78 is 27.9. The normalized spacial score (nSPS) is 11.8. The molecule has 3 rings (SSSR count). The standard InChI is InChI=1S/C21H23N5O4S2/c1-26(2)13-14-30-20(27)10-6-16-5-9-19(31-16)18-11-12-23-21(25-18)24-15-3-7-17(8-4-15)32(22,28)29/h3-12H,13-14H2,1-2H3,(H2,22,28,29)(H,23,24,25). The molecule has 0 bridgehead atoms. The lowest BCUT2D eigenvalue weighted by atomic mass is 10.3. The van der Waals surface area contributed by atoms with Gasteiger partial charge in [0.05, 0.1) is 15.5 Å². The summed E-state index contributed by atoms with van der Waals surface area (Å²) in [5.74, 6) is -0.0235. The highest BCUT2D eigenvalue weighted by Crippen LogP contribution is 2.28. The summed E-state index contributed by atoms with van der Waals surface area (Å²) in [6.45, 7) is 1.01. The first kappa shape index (κ1) is 23.5. The van der Waals surface area contributed by atoms with Gasteiger partial charge in [0.1, 0.15) is 6.61 Å². The Morgan fingerprint density at radius 1 is 1.19 bits per heavy atom. The number of anilines is 2. The molecule has 0 unspecified atom stereocenters. The molecule has 0 saturated carbocycles. The van der Waals surface area contributed by atoms with Gasteiger partial charge in [-0.1, -0.05) is 0 Å². The first-order chi connectivity index (χ1) is 15.2. The summed E-state index contributed by atoms with van der Waals surface area (Å²) in [6.07, 6.45) is 4.74. The van der Waals surface area contributed by atoms with Gasteiger partial charge in [-0.3, -0.25) is 0 Å². The van der Waals surface area contributed by atoms with Gasteiger partial charge in [0.15, 0.2) is 0 Å². The van der Waals surface area contributed by atoms with Crippen LogP contribution in [0.4, 0.5) is 11.6 Å². The van der Waals surface area contributed by atoms with Gasteiger partial charge in [-0.2, -0.15) is 0 Å². The molecule has 0 radical (unpaired) electrons. The third-order valence-electron chi connectivity index (χ3n) is 4.14. The summed E-state index contributed by atoms with van der Waals surface area (Å²) >= 11 is 1.47. The van der Waals surface area contributed by atoms with E-state index in [1.54, 1.807) is 30.5 Å². The van der Waals surface area contributed by atoms with Crippen LogP contribution in [0, 0.1) is 0 Å². The maximum Gasteiger partial charge on any atom is 0.330 e.